The van der Waals surface area contributed by atoms with Gasteiger partial charge in [0, 0.05) is 42.5 Å². The fourth-order valence-electron chi connectivity index (χ4n) is 4.64. The van der Waals surface area contributed by atoms with Gasteiger partial charge in [0.1, 0.15) is 6.04 Å². The number of nitrogens with zero attached hydrogens (tertiary/aromatic N) is 2. The summed E-state index contributed by atoms with van der Waals surface area (Å²) in [7, 11) is -3.59. The van der Waals surface area contributed by atoms with Crippen molar-refractivity contribution in [2.45, 2.75) is 59.0 Å². The number of nitrogens with one attached hydrogen (secondary N) is 1. The molecule has 3 aromatic rings. The molecule has 0 saturated carbocycles. The maximum atomic E-state index is 13.9. The van der Waals surface area contributed by atoms with E-state index in [0.29, 0.717) is 34.3 Å². The number of anilines is 1. The van der Waals surface area contributed by atoms with Crippen LogP contribution in [0.4, 0.5) is 5.69 Å². The van der Waals surface area contributed by atoms with Crippen LogP contribution >= 0.6 is 23.2 Å². The van der Waals surface area contributed by atoms with Crippen molar-refractivity contribution in [1.29, 1.82) is 0 Å². The van der Waals surface area contributed by atoms with Crippen LogP contribution in [0.15, 0.2) is 66.7 Å². The number of amides is 2. The van der Waals surface area contributed by atoms with Crippen molar-refractivity contribution in [2.75, 3.05) is 23.7 Å². The quantitative estimate of drug-likeness (QED) is 0.225. The minimum atomic E-state index is -3.59. The highest BCUT2D eigenvalue weighted by Crippen LogP contribution is 2.26. The number of sulfonamides is 1. The van der Waals surface area contributed by atoms with Gasteiger partial charge in [-0.05, 0) is 73.2 Å². The van der Waals surface area contributed by atoms with Crippen LogP contribution in [0.3, 0.4) is 0 Å². The molecule has 0 spiro atoms. The third-order valence-corrected chi connectivity index (χ3v) is 8.89. The molecule has 0 saturated heterocycles. The molecule has 0 aliphatic rings. The second-order valence-electron chi connectivity index (χ2n) is 10.5. The molecule has 10 heteroatoms. The average molecular weight is 633 g/mol. The second-order valence-corrected chi connectivity index (χ2v) is 13.2. The number of hydrogen-bond donors (Lipinski definition) is 1. The first kappa shape index (κ1) is 33.4. The predicted molar refractivity (Wildman–Crippen MR) is 172 cm³/mol. The fourth-order valence-corrected chi connectivity index (χ4v) is 6.06. The monoisotopic (exact) mass is 631 g/mol. The summed E-state index contributed by atoms with van der Waals surface area (Å²) in [6.45, 7) is 6.55. The van der Waals surface area contributed by atoms with Crippen LogP contribution < -0.4 is 9.62 Å². The van der Waals surface area contributed by atoms with Gasteiger partial charge >= 0.3 is 0 Å². The van der Waals surface area contributed by atoms with Gasteiger partial charge in [-0.3, -0.25) is 13.9 Å². The van der Waals surface area contributed by atoms with Gasteiger partial charge in [-0.15, -0.1) is 0 Å². The molecule has 226 valence electrons. The highest BCUT2D eigenvalue weighted by atomic mass is 35.5. The second kappa shape index (κ2) is 15.4. The predicted octanol–water partition coefficient (Wildman–Crippen LogP) is 6.32. The molecule has 0 fully saturated rings. The molecule has 0 aromatic heterocycles. The standard InChI is InChI=1S/C32H39Cl2N3O4S/c1-5-17-35-32(39)30(20-25-10-7-6-8-11-25)36(22-26-14-15-27(33)21-29(26)34)31(38)12-9-18-37(42(4,40)41)28-16-13-23(2)24(3)19-28/h6-8,10-11,13-16,19,21,30H,5,9,12,17-18,20,22H2,1-4H3,(H,35,39). The van der Waals surface area contributed by atoms with E-state index in [2.05, 4.69) is 5.32 Å². The van der Waals surface area contributed by atoms with E-state index in [4.69, 9.17) is 23.2 Å². The van der Waals surface area contributed by atoms with Crippen molar-refractivity contribution in [3.8, 4) is 0 Å². The maximum absolute atomic E-state index is 13.9. The van der Waals surface area contributed by atoms with Crippen LogP contribution in [0.2, 0.25) is 10.0 Å². The van der Waals surface area contributed by atoms with Crippen molar-refractivity contribution in [2.24, 2.45) is 0 Å². The van der Waals surface area contributed by atoms with Crippen LogP contribution in [-0.4, -0.2) is 50.5 Å². The number of carbonyl (C=O) groups is 2. The molecule has 3 aromatic carbocycles. The lowest BCUT2D eigenvalue weighted by atomic mass is 10.0. The first-order chi connectivity index (χ1) is 19.9. The van der Waals surface area contributed by atoms with Gasteiger partial charge in [0.2, 0.25) is 21.8 Å². The lowest BCUT2D eigenvalue weighted by Crippen LogP contribution is -2.50. The van der Waals surface area contributed by atoms with E-state index in [1.807, 2.05) is 63.2 Å². The summed E-state index contributed by atoms with van der Waals surface area (Å²) in [6.07, 6.45) is 2.52. The van der Waals surface area contributed by atoms with Crippen LogP contribution in [0.5, 0.6) is 0 Å². The zero-order valence-corrected chi connectivity index (χ0v) is 26.9. The van der Waals surface area contributed by atoms with Crippen LogP contribution in [0.25, 0.3) is 0 Å². The van der Waals surface area contributed by atoms with E-state index in [0.717, 1.165) is 29.4 Å². The zero-order valence-electron chi connectivity index (χ0n) is 24.6. The molecule has 0 aliphatic heterocycles. The zero-order chi connectivity index (χ0) is 30.9. The molecule has 0 aliphatic carbocycles. The van der Waals surface area contributed by atoms with Crippen molar-refractivity contribution < 1.29 is 18.0 Å². The van der Waals surface area contributed by atoms with Gasteiger partial charge in [-0.1, -0.05) is 72.6 Å². The number of benzene rings is 3. The Kier molecular flexibility index (Phi) is 12.3. The molecule has 0 bridgehead atoms. The molecule has 42 heavy (non-hydrogen) atoms. The SMILES string of the molecule is CCCNC(=O)C(Cc1ccccc1)N(Cc1ccc(Cl)cc1Cl)C(=O)CCCN(c1ccc(C)c(C)c1)S(C)(=O)=O. The third-order valence-electron chi connectivity index (χ3n) is 7.11. The summed E-state index contributed by atoms with van der Waals surface area (Å²) in [5.74, 6) is -0.533. The van der Waals surface area contributed by atoms with Gasteiger partial charge in [0.05, 0.1) is 11.9 Å². The summed E-state index contributed by atoms with van der Waals surface area (Å²) in [5, 5.41) is 3.81. The third kappa shape index (κ3) is 9.48. The maximum Gasteiger partial charge on any atom is 0.243 e. The van der Waals surface area contributed by atoms with E-state index in [9.17, 15) is 18.0 Å². The van der Waals surface area contributed by atoms with Gasteiger partial charge < -0.3 is 10.2 Å². The smallest absolute Gasteiger partial charge is 0.243 e. The molecule has 0 heterocycles. The summed E-state index contributed by atoms with van der Waals surface area (Å²) < 4.78 is 26.7. The molecule has 1 atom stereocenters. The molecule has 2 amide bonds. The summed E-state index contributed by atoms with van der Waals surface area (Å²) >= 11 is 12.6. The van der Waals surface area contributed by atoms with Crippen LogP contribution in [0.1, 0.15) is 48.4 Å². The molecule has 0 radical (unpaired) electrons. The fraction of sp³-hybridized carbons (Fsp3) is 0.375. The Morgan fingerprint density at radius 3 is 2.29 bits per heavy atom. The Balaban J connectivity index is 1.90. The van der Waals surface area contributed by atoms with Gasteiger partial charge in [-0.25, -0.2) is 8.42 Å². The van der Waals surface area contributed by atoms with E-state index < -0.39 is 16.1 Å². The molecule has 3 rings (SSSR count). The van der Waals surface area contributed by atoms with Crippen molar-refractivity contribution >= 4 is 50.7 Å². The highest BCUT2D eigenvalue weighted by Gasteiger charge is 2.31. The molecule has 1 N–H and O–H groups in total. The lowest BCUT2D eigenvalue weighted by Gasteiger charge is -2.32. The number of hydrogen-bond acceptors (Lipinski definition) is 4. The van der Waals surface area contributed by atoms with Gasteiger partial charge in [-0.2, -0.15) is 0 Å². The minimum absolute atomic E-state index is 0.0361. The number of carbonyl (C=O) groups excluding carboxylic acids is 2. The first-order valence-corrected chi connectivity index (χ1v) is 16.6. The Morgan fingerprint density at radius 2 is 1.67 bits per heavy atom. The molecular weight excluding hydrogens is 593 g/mol. The number of rotatable bonds is 14. The van der Waals surface area contributed by atoms with Crippen LogP contribution in [0, 0.1) is 13.8 Å². The van der Waals surface area contributed by atoms with Gasteiger partial charge in [0.15, 0.2) is 0 Å². The minimum Gasteiger partial charge on any atom is -0.354 e. The van der Waals surface area contributed by atoms with E-state index in [-0.39, 0.29) is 37.7 Å². The first-order valence-electron chi connectivity index (χ1n) is 14.0. The summed E-state index contributed by atoms with van der Waals surface area (Å²) in [5.41, 5.74) is 4.16. The number of halogens is 2. The summed E-state index contributed by atoms with van der Waals surface area (Å²) in [4.78, 5) is 29.0. The lowest BCUT2D eigenvalue weighted by molar-refractivity contribution is -0.141. The summed E-state index contributed by atoms with van der Waals surface area (Å²) in [6, 6.07) is 19.3. The largest absolute Gasteiger partial charge is 0.354 e. The Morgan fingerprint density at radius 1 is 0.952 bits per heavy atom. The van der Waals surface area contributed by atoms with Crippen molar-refractivity contribution in [3.63, 3.8) is 0 Å². The van der Waals surface area contributed by atoms with Crippen molar-refractivity contribution in [1.82, 2.24) is 10.2 Å². The molecule has 1 unspecified atom stereocenters. The van der Waals surface area contributed by atoms with E-state index in [1.54, 1.807) is 29.2 Å². The molecular formula is C32H39Cl2N3O4S. The molecule has 7 nitrogen and oxygen atoms in total. The Labute approximate surface area is 259 Å². The Hall–Kier alpha value is -3.07. The Bertz CT molecular complexity index is 1480. The van der Waals surface area contributed by atoms with E-state index in [1.165, 1.54) is 4.31 Å². The number of aryl methyl sites for hydroxylation is 2. The topological polar surface area (TPSA) is 86.8 Å². The van der Waals surface area contributed by atoms with Crippen LogP contribution in [-0.2, 0) is 32.6 Å². The average Bonchev–Trinajstić information content (AvgIpc) is 2.94. The van der Waals surface area contributed by atoms with E-state index >= 15 is 0 Å². The highest BCUT2D eigenvalue weighted by molar-refractivity contribution is 7.92. The van der Waals surface area contributed by atoms with Gasteiger partial charge in [0.25, 0.3) is 0 Å². The normalized spacial score (nSPS) is 12.0. The van der Waals surface area contributed by atoms with Crippen molar-refractivity contribution in [3.05, 3.63) is 99.0 Å².